The van der Waals surface area contributed by atoms with E-state index in [4.69, 9.17) is 9.47 Å². The predicted molar refractivity (Wildman–Crippen MR) is 112 cm³/mol. The van der Waals surface area contributed by atoms with E-state index in [1.807, 2.05) is 13.0 Å². The fraction of sp³-hybridized carbons (Fsp3) is 0.708. The van der Waals surface area contributed by atoms with E-state index >= 15 is 0 Å². The number of alkyl halides is 3. The van der Waals surface area contributed by atoms with Gasteiger partial charge in [0.1, 0.15) is 5.71 Å². The van der Waals surface area contributed by atoms with Crippen LogP contribution in [0.15, 0.2) is 28.3 Å². The van der Waals surface area contributed by atoms with E-state index in [1.54, 1.807) is 0 Å². The Kier molecular flexibility index (Phi) is 6.01. The smallest absolute Gasteiger partial charge is 0.415 e. The van der Waals surface area contributed by atoms with Crippen LogP contribution in [0.5, 0.6) is 0 Å². The molecule has 0 aromatic rings. The van der Waals surface area contributed by atoms with Crippen molar-refractivity contribution in [2.75, 3.05) is 13.2 Å². The molecule has 176 valence electrons. The number of aliphatic imine (C=N–C) groups is 1. The van der Waals surface area contributed by atoms with E-state index in [-0.39, 0.29) is 54.1 Å². The first-order valence-electron chi connectivity index (χ1n) is 11.5. The molecule has 5 nitrogen and oxygen atoms in total. The quantitative estimate of drug-likeness (QED) is 0.337. The third-order valence-electron chi connectivity index (χ3n) is 7.85. The normalized spacial score (nSPS) is 37.3. The van der Waals surface area contributed by atoms with Crippen molar-refractivity contribution in [2.45, 2.75) is 52.8 Å². The van der Waals surface area contributed by atoms with Gasteiger partial charge in [0.2, 0.25) is 0 Å². The molecule has 0 spiro atoms. The number of hydrogen-bond acceptors (Lipinski definition) is 5. The van der Waals surface area contributed by atoms with Crippen molar-refractivity contribution in [2.24, 2.45) is 46.4 Å². The summed E-state index contributed by atoms with van der Waals surface area (Å²) < 4.78 is 53.3. The molecule has 4 aliphatic carbocycles. The Labute approximate surface area is 186 Å². The van der Waals surface area contributed by atoms with Gasteiger partial charge in [-0.25, -0.2) is 9.59 Å². The summed E-state index contributed by atoms with van der Waals surface area (Å²) in [4.78, 5) is 29.6. The standard InChI is InChI=1S/C24H30F3NO4/c1-5-7-10-32-22(29)20-18-16-14-9-8-13(11(3)12(14)4)15(16)17(18)19(24(25,26)27)21(28-20)23(30)31-6-2/h8-9,11-16,18,21H,5-7,10H2,1-4H3. The second kappa shape index (κ2) is 8.34. The van der Waals surface area contributed by atoms with Gasteiger partial charge >= 0.3 is 18.1 Å². The number of dihydropyridines is 1. The van der Waals surface area contributed by atoms with Crippen molar-refractivity contribution in [3.8, 4) is 0 Å². The largest absolute Gasteiger partial charge is 0.464 e. The molecule has 2 saturated carbocycles. The maximum Gasteiger partial charge on any atom is 0.415 e. The average molecular weight is 454 g/mol. The molecular formula is C24H30F3NO4. The van der Waals surface area contributed by atoms with Crippen LogP contribution in [0.2, 0.25) is 0 Å². The van der Waals surface area contributed by atoms with Gasteiger partial charge in [0, 0.05) is 5.92 Å². The average Bonchev–Trinajstić information content (AvgIpc) is 2.72. The number of carbonyl (C=O) groups excluding carboxylic acids is 2. The molecule has 0 aromatic carbocycles. The maximum atomic E-state index is 14.3. The molecule has 32 heavy (non-hydrogen) atoms. The molecule has 0 radical (unpaired) electrons. The van der Waals surface area contributed by atoms with Gasteiger partial charge in [0.25, 0.3) is 0 Å². The van der Waals surface area contributed by atoms with E-state index in [2.05, 4.69) is 24.9 Å². The van der Waals surface area contributed by atoms with E-state index in [9.17, 15) is 22.8 Å². The molecule has 5 aliphatic rings. The Balaban J connectivity index is 1.82. The second-order valence-electron chi connectivity index (χ2n) is 9.36. The van der Waals surface area contributed by atoms with Crippen molar-refractivity contribution < 1.29 is 32.2 Å². The molecule has 8 heteroatoms. The van der Waals surface area contributed by atoms with Crippen molar-refractivity contribution in [1.29, 1.82) is 0 Å². The highest BCUT2D eigenvalue weighted by Crippen LogP contribution is 2.67. The third-order valence-corrected chi connectivity index (χ3v) is 7.85. The molecule has 5 rings (SSSR count). The van der Waals surface area contributed by atoms with Crippen molar-refractivity contribution in [3.63, 3.8) is 0 Å². The Morgan fingerprint density at radius 2 is 1.72 bits per heavy atom. The van der Waals surface area contributed by atoms with Crippen LogP contribution in [0.1, 0.15) is 40.5 Å². The topological polar surface area (TPSA) is 65.0 Å². The molecule has 0 aromatic heterocycles. The molecule has 8 atom stereocenters. The van der Waals surface area contributed by atoms with Crippen LogP contribution in [-0.2, 0) is 19.1 Å². The predicted octanol–water partition coefficient (Wildman–Crippen LogP) is 4.53. The molecule has 1 aliphatic heterocycles. The zero-order chi connectivity index (χ0) is 23.4. The molecule has 8 unspecified atom stereocenters. The number of hydrogen-bond donors (Lipinski definition) is 0. The highest BCUT2D eigenvalue weighted by Gasteiger charge is 2.66. The number of allylic oxidation sites excluding steroid dienone is 3. The zero-order valence-corrected chi connectivity index (χ0v) is 18.8. The van der Waals surface area contributed by atoms with Crippen molar-refractivity contribution >= 4 is 17.7 Å². The van der Waals surface area contributed by atoms with Gasteiger partial charge in [-0.3, -0.25) is 4.99 Å². The number of halogens is 3. The number of nitrogens with zero attached hydrogens (tertiary/aromatic N) is 1. The Bertz CT molecular complexity index is 890. The summed E-state index contributed by atoms with van der Waals surface area (Å²) in [6.07, 6.45) is 0.838. The minimum Gasteiger partial charge on any atom is -0.464 e. The number of ether oxygens (including phenoxy) is 2. The first-order chi connectivity index (χ1) is 15.1. The fourth-order valence-electron chi connectivity index (χ4n) is 6.26. The lowest BCUT2D eigenvalue weighted by molar-refractivity contribution is -0.149. The summed E-state index contributed by atoms with van der Waals surface area (Å²) in [5.41, 5.74) is -0.839. The molecule has 1 heterocycles. The van der Waals surface area contributed by atoms with Crippen LogP contribution in [-0.4, -0.2) is 43.1 Å². The minimum absolute atomic E-state index is 0.0517. The Morgan fingerprint density at radius 3 is 2.34 bits per heavy atom. The second-order valence-corrected chi connectivity index (χ2v) is 9.36. The van der Waals surface area contributed by atoms with Gasteiger partial charge in [-0.15, -0.1) is 0 Å². The lowest BCUT2D eigenvalue weighted by Crippen LogP contribution is -2.63. The summed E-state index contributed by atoms with van der Waals surface area (Å²) in [7, 11) is 0. The van der Waals surface area contributed by atoms with E-state index in [1.165, 1.54) is 6.92 Å². The van der Waals surface area contributed by atoms with Crippen LogP contribution in [0.3, 0.4) is 0 Å². The van der Waals surface area contributed by atoms with E-state index in [0.717, 1.165) is 6.42 Å². The first-order valence-corrected chi connectivity index (χ1v) is 11.5. The molecule has 2 bridgehead atoms. The lowest BCUT2D eigenvalue weighted by atomic mass is 9.40. The number of esters is 2. The van der Waals surface area contributed by atoms with E-state index in [0.29, 0.717) is 12.3 Å². The van der Waals surface area contributed by atoms with Crippen LogP contribution in [0.4, 0.5) is 13.2 Å². The maximum absolute atomic E-state index is 14.3. The molecule has 2 fully saturated rings. The van der Waals surface area contributed by atoms with Crippen LogP contribution in [0, 0.1) is 41.4 Å². The van der Waals surface area contributed by atoms with Gasteiger partial charge in [-0.2, -0.15) is 13.2 Å². The molecule has 0 N–H and O–H groups in total. The summed E-state index contributed by atoms with van der Waals surface area (Å²) >= 11 is 0. The number of unbranched alkanes of at least 4 members (excludes halogenated alkanes) is 1. The number of fused-ring (bicyclic) bond motifs is 2. The Hall–Kier alpha value is -2.12. The summed E-state index contributed by atoms with van der Waals surface area (Å²) in [5, 5.41) is 0. The van der Waals surface area contributed by atoms with E-state index < -0.39 is 35.6 Å². The van der Waals surface area contributed by atoms with Gasteiger partial charge in [-0.05, 0) is 54.4 Å². The lowest BCUT2D eigenvalue weighted by Gasteiger charge is -2.64. The van der Waals surface area contributed by atoms with Crippen molar-refractivity contribution in [1.82, 2.24) is 0 Å². The summed E-state index contributed by atoms with van der Waals surface area (Å²) in [6.45, 7) is 7.77. The molecule has 0 amide bonds. The van der Waals surface area contributed by atoms with Gasteiger partial charge in [0.05, 0.1) is 18.8 Å². The number of carbonyl (C=O) groups is 2. The highest BCUT2D eigenvalue weighted by molar-refractivity contribution is 6.39. The highest BCUT2D eigenvalue weighted by atomic mass is 19.4. The zero-order valence-electron chi connectivity index (χ0n) is 18.8. The minimum atomic E-state index is -4.74. The van der Waals surface area contributed by atoms with Crippen LogP contribution in [0.25, 0.3) is 0 Å². The van der Waals surface area contributed by atoms with Crippen molar-refractivity contribution in [3.05, 3.63) is 23.3 Å². The molecular weight excluding hydrogens is 423 g/mol. The number of rotatable bonds is 6. The summed E-state index contributed by atoms with van der Waals surface area (Å²) in [6, 6.07) is -1.88. The van der Waals surface area contributed by atoms with Gasteiger partial charge in [-0.1, -0.05) is 39.3 Å². The van der Waals surface area contributed by atoms with Crippen LogP contribution < -0.4 is 0 Å². The fourth-order valence-corrected chi connectivity index (χ4v) is 6.26. The van der Waals surface area contributed by atoms with Gasteiger partial charge < -0.3 is 9.47 Å². The monoisotopic (exact) mass is 453 g/mol. The third kappa shape index (κ3) is 3.41. The van der Waals surface area contributed by atoms with Gasteiger partial charge in [0.15, 0.2) is 6.04 Å². The SMILES string of the molecule is CCCCOC(=O)C1=NC(C(=O)OCC)C(C(F)(F)F)=C2C1C1C3C=CC(C(C)C3C)C21. The molecule has 0 saturated heterocycles. The Morgan fingerprint density at radius 1 is 1.06 bits per heavy atom. The summed E-state index contributed by atoms with van der Waals surface area (Å²) in [5.74, 6) is -2.52. The van der Waals surface area contributed by atoms with Crippen LogP contribution >= 0.6 is 0 Å². The first kappa shape index (κ1) is 23.1.